The van der Waals surface area contributed by atoms with Crippen LogP contribution in [-0.4, -0.2) is 3.21 Å². The van der Waals surface area contributed by atoms with Crippen LogP contribution in [0.1, 0.15) is 34.1 Å². The minimum absolute atomic E-state index is 0. The fraction of sp³-hybridized carbons (Fsp3) is 0.250. The van der Waals surface area contributed by atoms with E-state index in [1.54, 1.807) is 24.2 Å². The normalized spacial score (nSPS) is 13.4. The van der Waals surface area contributed by atoms with Crippen LogP contribution in [0.3, 0.4) is 0 Å². The van der Waals surface area contributed by atoms with Gasteiger partial charge in [-0.1, -0.05) is 62.1 Å². The van der Waals surface area contributed by atoms with Gasteiger partial charge in [-0.05, 0) is 0 Å². The minimum Gasteiger partial charge on any atom is -1.00 e. The predicted octanol–water partition coefficient (Wildman–Crippen LogP) is 0.797. The zero-order chi connectivity index (χ0) is 18.3. The first-order valence-electron chi connectivity index (χ1n) is 8.69. The monoisotopic (exact) mass is 474 g/mol. The third-order valence-corrected chi connectivity index (χ3v) is 3.90. The molecule has 0 aromatic heterocycles. The number of benzene rings is 2. The molecule has 0 fully saturated rings. The number of halogens is 2. The van der Waals surface area contributed by atoms with Crippen LogP contribution < -0.4 is 24.8 Å². The van der Waals surface area contributed by atoms with E-state index in [2.05, 4.69) is 101 Å². The first-order valence-corrected chi connectivity index (χ1v) is 9.92. The third kappa shape index (κ3) is 8.78. The Kier molecular flexibility index (Phi) is 12.1. The molecule has 0 bridgehead atoms. The minimum atomic E-state index is 0. The van der Waals surface area contributed by atoms with Crippen LogP contribution in [0, 0.1) is 11.5 Å². The van der Waals surface area contributed by atoms with Gasteiger partial charge in [-0.25, -0.2) is 12.2 Å². The molecule has 0 nitrogen and oxygen atoms in total. The maximum absolute atomic E-state index is 3.03. The molecule has 27 heavy (non-hydrogen) atoms. The molecule has 1 aliphatic rings. The van der Waals surface area contributed by atoms with E-state index in [9.17, 15) is 0 Å². The average molecular weight is 477 g/mol. The van der Waals surface area contributed by atoms with Gasteiger partial charge in [0.15, 0.2) is 0 Å². The van der Waals surface area contributed by atoms with E-state index in [4.69, 9.17) is 0 Å². The summed E-state index contributed by atoms with van der Waals surface area (Å²) in [6.07, 6.45) is 10.4. The Hall–Kier alpha value is -0.877. The molecule has 3 aromatic carbocycles. The van der Waals surface area contributed by atoms with Crippen LogP contribution in [0.2, 0.25) is 0 Å². The summed E-state index contributed by atoms with van der Waals surface area (Å²) in [6, 6.07) is 19.3. The number of hydrogen-bond acceptors (Lipinski definition) is 0. The molecule has 0 atom stereocenters. The summed E-state index contributed by atoms with van der Waals surface area (Å²) in [6.45, 7) is 8.69. The molecule has 1 aliphatic carbocycles. The maximum Gasteiger partial charge on any atom is -0.0771 e. The van der Waals surface area contributed by atoms with Gasteiger partial charge in [-0.15, -0.1) is 39.7 Å². The average Bonchev–Trinajstić information content (AvgIpc) is 2.93. The summed E-state index contributed by atoms with van der Waals surface area (Å²) >= 11 is 1.55. The van der Waals surface area contributed by atoms with Gasteiger partial charge in [0.1, 0.15) is 0 Å². The van der Waals surface area contributed by atoms with Crippen LogP contribution >= 0.6 is 0 Å². The number of rotatable bonds is 0. The van der Waals surface area contributed by atoms with Gasteiger partial charge in [0, 0.05) is 0 Å². The smallest absolute Gasteiger partial charge is 0.0771 e. The van der Waals surface area contributed by atoms with Crippen molar-refractivity contribution in [2.24, 2.45) is 5.41 Å². The van der Waals surface area contributed by atoms with Gasteiger partial charge in [0.25, 0.3) is 0 Å². The van der Waals surface area contributed by atoms with Crippen molar-refractivity contribution < 1.29 is 49.0 Å². The van der Waals surface area contributed by atoms with E-state index in [1.807, 2.05) is 6.08 Å². The van der Waals surface area contributed by atoms with Crippen molar-refractivity contribution in [3.63, 3.8) is 0 Å². The zero-order valence-corrected chi connectivity index (χ0v) is 20.4. The van der Waals surface area contributed by atoms with E-state index in [1.165, 1.54) is 24.8 Å². The first-order chi connectivity index (χ1) is 11.9. The van der Waals surface area contributed by atoms with Crippen LogP contribution in [0.25, 0.3) is 21.5 Å². The Morgan fingerprint density at radius 1 is 0.926 bits per heavy atom. The second-order valence-corrected chi connectivity index (χ2v) is 9.67. The third-order valence-electron chi connectivity index (χ3n) is 3.90. The van der Waals surface area contributed by atoms with Crippen LogP contribution in [0.15, 0.2) is 72.8 Å². The summed E-state index contributed by atoms with van der Waals surface area (Å²) in [5, 5.41) is 5.39. The van der Waals surface area contributed by atoms with Gasteiger partial charge in [-0.3, -0.25) is 6.08 Å². The maximum atomic E-state index is 3.03. The Bertz CT molecular complexity index is 847. The molecule has 0 amide bonds. The second kappa shape index (κ2) is 12.6. The van der Waals surface area contributed by atoms with E-state index >= 15 is 0 Å². The summed E-state index contributed by atoms with van der Waals surface area (Å²) in [5.41, 5.74) is 0.380. The van der Waals surface area contributed by atoms with Crippen molar-refractivity contribution in [1.29, 1.82) is 0 Å². The van der Waals surface area contributed by atoms with Crippen LogP contribution in [-0.2, 0) is 24.2 Å². The van der Waals surface area contributed by atoms with E-state index in [0.29, 0.717) is 5.41 Å². The topological polar surface area (TPSA) is 0 Å². The van der Waals surface area contributed by atoms with Crippen molar-refractivity contribution in [2.45, 2.75) is 34.1 Å². The van der Waals surface area contributed by atoms with E-state index in [0.717, 1.165) is 6.42 Å². The van der Waals surface area contributed by atoms with Gasteiger partial charge in [0.05, 0.1) is 0 Å². The molecule has 0 saturated carbocycles. The Balaban J connectivity index is 0.000000422. The van der Waals surface area contributed by atoms with E-state index in [-0.39, 0.29) is 24.8 Å². The van der Waals surface area contributed by atoms with Crippen molar-refractivity contribution in [3.8, 4) is 0 Å². The molecule has 0 N–H and O–H groups in total. The first kappa shape index (κ1) is 26.1. The summed E-state index contributed by atoms with van der Waals surface area (Å²) in [5.74, 6) is 0. The molecule has 0 heterocycles. The number of fused-ring (bicyclic) bond motifs is 3. The van der Waals surface area contributed by atoms with Gasteiger partial charge in [-0.2, -0.15) is 6.08 Å². The van der Waals surface area contributed by atoms with Gasteiger partial charge in [0.2, 0.25) is 0 Å². The molecule has 0 spiro atoms. The van der Waals surface area contributed by atoms with Gasteiger partial charge >= 0.3 is 41.3 Å². The van der Waals surface area contributed by atoms with Crippen molar-refractivity contribution in [1.82, 2.24) is 0 Å². The van der Waals surface area contributed by atoms with Crippen LogP contribution in [0.5, 0.6) is 0 Å². The molecule has 3 heteroatoms. The molecule has 0 unspecified atom stereocenters. The molecular weight excluding hydrogens is 450 g/mol. The Morgan fingerprint density at radius 2 is 1.37 bits per heavy atom. The fourth-order valence-electron chi connectivity index (χ4n) is 2.64. The molecular formula is C24H26Cl2Zr-2. The predicted molar refractivity (Wildman–Crippen MR) is 109 cm³/mol. The Labute approximate surface area is 191 Å². The molecule has 0 radical (unpaired) electrons. The van der Waals surface area contributed by atoms with Gasteiger partial charge < -0.3 is 24.8 Å². The quantitative estimate of drug-likeness (QED) is 0.421. The standard InChI is InChI=1S/C13H9.C8H11.C3H6.2ClH.Zr/c1-3-7-12-10(5-1)9-11-6-2-4-8-13(11)12;1-8(2)6-4-3-5-7-8;1-3-2;;;/h1-9H;4-6H,7H2,1-2H3;1-2H3;2*1H;/q2*-1;;;;+2/p-2. The van der Waals surface area contributed by atoms with Crippen LogP contribution in [0.4, 0.5) is 0 Å². The molecule has 4 rings (SSSR count). The summed E-state index contributed by atoms with van der Waals surface area (Å²) in [4.78, 5) is 0. The SMILES string of the molecule is CC1(C)C=C[C-]=CC1.C[C](C)=[Zr+2].[Cl-].[Cl-].c1ccc2c(c1)[cH-]c1ccccc12. The van der Waals surface area contributed by atoms with Crippen molar-refractivity contribution in [2.75, 3.05) is 0 Å². The molecule has 0 saturated heterocycles. The second-order valence-electron chi connectivity index (χ2n) is 7.22. The zero-order valence-electron chi connectivity index (χ0n) is 16.4. The molecule has 142 valence electrons. The molecule has 0 aliphatic heterocycles. The summed E-state index contributed by atoms with van der Waals surface area (Å²) in [7, 11) is 0. The molecule has 3 aromatic rings. The number of allylic oxidation sites excluding steroid dienone is 4. The van der Waals surface area contributed by atoms with Crippen molar-refractivity contribution >= 4 is 24.8 Å². The van der Waals surface area contributed by atoms with E-state index < -0.39 is 0 Å². The fourth-order valence-corrected chi connectivity index (χ4v) is 2.64. The number of hydrogen-bond donors (Lipinski definition) is 0. The summed E-state index contributed by atoms with van der Waals surface area (Å²) < 4.78 is 1.51. The largest absolute Gasteiger partial charge is 1.00 e. The van der Waals surface area contributed by atoms with Crippen molar-refractivity contribution in [3.05, 3.63) is 78.9 Å². The Morgan fingerprint density at radius 3 is 1.70 bits per heavy atom.